The van der Waals surface area contributed by atoms with Crippen molar-refractivity contribution < 1.29 is 23.8 Å². The Bertz CT molecular complexity index is 1190. The van der Waals surface area contributed by atoms with Gasteiger partial charge in [0.25, 0.3) is 0 Å². The maximum atomic E-state index is 12.9. The van der Waals surface area contributed by atoms with E-state index in [2.05, 4.69) is 0 Å². The molecule has 6 nitrogen and oxygen atoms in total. The van der Waals surface area contributed by atoms with E-state index in [1.165, 1.54) is 0 Å². The highest BCUT2D eigenvalue weighted by molar-refractivity contribution is 6.15. The standard InChI is InChI=1S/C23H21NO5/c1-5-21(25)28-19-9-7-16-22(26)20(29-23(16)13(19)2)10-14-12-24(3)18-8-6-15(27-4)11-17(14)18/h6-12H,5H2,1-4H3/b20-10-. The van der Waals surface area contributed by atoms with Crippen LogP contribution in [0.3, 0.4) is 0 Å². The van der Waals surface area contributed by atoms with E-state index in [4.69, 9.17) is 14.2 Å². The number of allylic oxidation sites excluding steroid dienone is 1. The number of aryl methyl sites for hydroxylation is 1. The molecule has 0 bridgehead atoms. The summed E-state index contributed by atoms with van der Waals surface area (Å²) in [6.45, 7) is 3.50. The molecular weight excluding hydrogens is 370 g/mol. The molecule has 4 rings (SSSR count). The minimum atomic E-state index is -0.335. The average molecular weight is 391 g/mol. The normalized spacial score (nSPS) is 14.2. The number of nitrogens with zero attached hydrogens (tertiary/aromatic N) is 1. The van der Waals surface area contributed by atoms with E-state index in [1.807, 2.05) is 36.0 Å². The highest BCUT2D eigenvalue weighted by Crippen LogP contribution is 2.40. The van der Waals surface area contributed by atoms with E-state index in [0.29, 0.717) is 22.6 Å². The largest absolute Gasteiger partial charge is 0.497 e. The number of rotatable bonds is 4. The number of benzene rings is 2. The van der Waals surface area contributed by atoms with Crippen molar-refractivity contribution in [1.82, 2.24) is 4.57 Å². The van der Waals surface area contributed by atoms with Crippen molar-refractivity contribution in [2.45, 2.75) is 20.3 Å². The first-order valence-electron chi connectivity index (χ1n) is 9.34. The summed E-state index contributed by atoms with van der Waals surface area (Å²) >= 11 is 0. The van der Waals surface area contributed by atoms with Crippen molar-refractivity contribution >= 4 is 28.7 Å². The number of ketones is 1. The number of hydrogen-bond donors (Lipinski definition) is 0. The summed E-state index contributed by atoms with van der Waals surface area (Å²) < 4.78 is 18.5. The van der Waals surface area contributed by atoms with Crippen molar-refractivity contribution in [2.75, 3.05) is 7.11 Å². The fourth-order valence-electron chi connectivity index (χ4n) is 3.46. The first kappa shape index (κ1) is 18.8. The lowest BCUT2D eigenvalue weighted by Crippen LogP contribution is -2.06. The molecule has 0 atom stereocenters. The van der Waals surface area contributed by atoms with Gasteiger partial charge >= 0.3 is 5.97 Å². The lowest BCUT2D eigenvalue weighted by atomic mass is 10.1. The molecular formula is C23H21NO5. The van der Waals surface area contributed by atoms with Crippen LogP contribution in [0.25, 0.3) is 17.0 Å². The third-order valence-corrected chi connectivity index (χ3v) is 5.06. The van der Waals surface area contributed by atoms with Crippen LogP contribution < -0.4 is 14.2 Å². The van der Waals surface area contributed by atoms with Crippen LogP contribution in [-0.2, 0) is 11.8 Å². The van der Waals surface area contributed by atoms with Crippen LogP contribution in [0.2, 0.25) is 0 Å². The van der Waals surface area contributed by atoms with Crippen LogP contribution in [0.4, 0.5) is 0 Å². The summed E-state index contributed by atoms with van der Waals surface area (Å²) in [7, 11) is 3.57. The lowest BCUT2D eigenvalue weighted by Gasteiger charge is -2.09. The topological polar surface area (TPSA) is 66.8 Å². The Labute approximate surface area is 168 Å². The Morgan fingerprint density at radius 2 is 2.03 bits per heavy atom. The van der Waals surface area contributed by atoms with Gasteiger partial charge in [-0.05, 0) is 43.3 Å². The van der Waals surface area contributed by atoms with Crippen LogP contribution in [-0.4, -0.2) is 23.4 Å². The van der Waals surface area contributed by atoms with Crippen molar-refractivity contribution in [3.63, 3.8) is 0 Å². The molecule has 1 aliphatic heterocycles. The number of Topliss-reactive ketones (excluding diaryl/α,β-unsaturated/α-hetero) is 1. The van der Waals surface area contributed by atoms with Crippen LogP contribution in [0.1, 0.15) is 34.8 Å². The van der Waals surface area contributed by atoms with Gasteiger partial charge in [-0.1, -0.05) is 6.92 Å². The first-order chi connectivity index (χ1) is 13.9. The minimum Gasteiger partial charge on any atom is -0.497 e. The Morgan fingerprint density at radius 3 is 2.76 bits per heavy atom. The number of methoxy groups -OCH3 is 1. The number of fused-ring (bicyclic) bond motifs is 2. The highest BCUT2D eigenvalue weighted by Gasteiger charge is 2.30. The number of esters is 1. The Hall–Kier alpha value is -3.54. The number of ether oxygens (including phenoxy) is 3. The number of hydrogen-bond acceptors (Lipinski definition) is 5. The SMILES string of the molecule is CCC(=O)Oc1ccc2c(c1C)O/C(=C\c1cn(C)c3ccc(OC)cc13)C2=O. The van der Waals surface area contributed by atoms with Gasteiger partial charge in [-0.2, -0.15) is 0 Å². The summed E-state index contributed by atoms with van der Waals surface area (Å²) in [5.74, 6) is 1.27. The number of carbonyl (C=O) groups is 2. The minimum absolute atomic E-state index is 0.198. The lowest BCUT2D eigenvalue weighted by molar-refractivity contribution is -0.134. The second-order valence-electron chi connectivity index (χ2n) is 6.91. The van der Waals surface area contributed by atoms with Gasteiger partial charge in [-0.3, -0.25) is 9.59 Å². The molecule has 1 aromatic heterocycles. The molecule has 2 aromatic carbocycles. The Morgan fingerprint density at radius 1 is 1.24 bits per heavy atom. The molecule has 29 heavy (non-hydrogen) atoms. The Kier molecular flexibility index (Phi) is 4.62. The fraction of sp³-hybridized carbons (Fsp3) is 0.217. The molecule has 0 radical (unpaired) electrons. The smallest absolute Gasteiger partial charge is 0.310 e. The summed E-state index contributed by atoms with van der Waals surface area (Å²) in [4.78, 5) is 24.5. The van der Waals surface area contributed by atoms with Crippen molar-refractivity contribution in [1.29, 1.82) is 0 Å². The molecule has 1 aliphatic rings. The maximum absolute atomic E-state index is 12.9. The van der Waals surface area contributed by atoms with Crippen molar-refractivity contribution in [3.8, 4) is 17.2 Å². The van der Waals surface area contributed by atoms with Crippen molar-refractivity contribution in [2.24, 2.45) is 7.05 Å². The molecule has 0 saturated carbocycles. The summed E-state index contributed by atoms with van der Waals surface area (Å²) in [5.41, 5.74) is 2.96. The molecule has 0 N–H and O–H groups in total. The third kappa shape index (κ3) is 3.16. The molecule has 0 spiro atoms. The molecule has 0 fully saturated rings. The monoisotopic (exact) mass is 391 g/mol. The fourth-order valence-corrected chi connectivity index (χ4v) is 3.46. The zero-order valence-corrected chi connectivity index (χ0v) is 16.7. The van der Waals surface area contributed by atoms with Gasteiger partial charge in [-0.15, -0.1) is 0 Å². The van der Waals surface area contributed by atoms with Crippen LogP contribution in [0, 0.1) is 6.92 Å². The van der Waals surface area contributed by atoms with Gasteiger partial charge in [0.2, 0.25) is 5.78 Å². The molecule has 6 heteroatoms. The van der Waals surface area contributed by atoms with Gasteiger partial charge in [0.05, 0.1) is 12.7 Å². The van der Waals surface area contributed by atoms with Crippen LogP contribution >= 0.6 is 0 Å². The van der Waals surface area contributed by atoms with Gasteiger partial charge < -0.3 is 18.8 Å². The van der Waals surface area contributed by atoms with E-state index < -0.39 is 0 Å². The summed E-state index contributed by atoms with van der Waals surface area (Å²) in [6, 6.07) is 9.07. The summed E-state index contributed by atoms with van der Waals surface area (Å²) in [6.07, 6.45) is 3.95. The van der Waals surface area contributed by atoms with E-state index in [1.54, 1.807) is 39.2 Å². The predicted octanol–water partition coefficient (Wildman–Crippen LogP) is 4.43. The molecule has 3 aromatic rings. The van der Waals surface area contributed by atoms with Gasteiger partial charge in [0.1, 0.15) is 17.2 Å². The van der Waals surface area contributed by atoms with Crippen LogP contribution in [0.15, 0.2) is 42.3 Å². The van der Waals surface area contributed by atoms with Crippen LogP contribution in [0.5, 0.6) is 17.2 Å². The third-order valence-electron chi connectivity index (χ3n) is 5.06. The second-order valence-corrected chi connectivity index (χ2v) is 6.91. The van der Waals surface area contributed by atoms with Crippen molar-refractivity contribution in [3.05, 3.63) is 59.0 Å². The molecule has 148 valence electrons. The van der Waals surface area contributed by atoms with E-state index >= 15 is 0 Å². The zero-order valence-electron chi connectivity index (χ0n) is 16.7. The van der Waals surface area contributed by atoms with E-state index in [9.17, 15) is 9.59 Å². The second kappa shape index (κ2) is 7.13. The van der Waals surface area contributed by atoms with E-state index in [-0.39, 0.29) is 23.9 Å². The first-order valence-corrected chi connectivity index (χ1v) is 9.34. The van der Waals surface area contributed by atoms with Gasteiger partial charge in [-0.25, -0.2) is 0 Å². The Balaban J connectivity index is 1.74. The molecule has 0 amide bonds. The molecule has 2 heterocycles. The maximum Gasteiger partial charge on any atom is 0.310 e. The average Bonchev–Trinajstić information content (AvgIpc) is 3.21. The zero-order chi connectivity index (χ0) is 20.7. The van der Waals surface area contributed by atoms with E-state index in [0.717, 1.165) is 22.2 Å². The molecule has 0 unspecified atom stereocenters. The molecule has 0 saturated heterocycles. The molecule has 0 aliphatic carbocycles. The van der Waals surface area contributed by atoms with Gasteiger partial charge in [0.15, 0.2) is 5.76 Å². The summed E-state index contributed by atoms with van der Waals surface area (Å²) in [5, 5.41) is 0.959. The number of carbonyl (C=O) groups excluding carboxylic acids is 2. The quantitative estimate of drug-likeness (QED) is 0.374. The number of aromatic nitrogens is 1. The predicted molar refractivity (Wildman–Crippen MR) is 110 cm³/mol. The van der Waals surface area contributed by atoms with Gasteiger partial charge in [0, 0.05) is 41.7 Å². The highest BCUT2D eigenvalue weighted by atomic mass is 16.5.